The van der Waals surface area contributed by atoms with Gasteiger partial charge in [-0.2, -0.15) is 20.2 Å². The largest absolute Gasteiger partial charge is 0.347 e. The van der Waals surface area contributed by atoms with E-state index in [9.17, 15) is 0 Å². The molecule has 1 aromatic heterocycles. The monoisotopic (exact) mass is 264 g/mol. The number of aromatic nitrogens is 3. The Bertz CT molecular complexity index is 452. The number of anilines is 3. The van der Waals surface area contributed by atoms with Gasteiger partial charge in [-0.05, 0) is 13.8 Å². The lowest BCUT2D eigenvalue weighted by atomic mass is 10.2. The molecule has 0 spiro atoms. The number of nitriles is 1. The summed E-state index contributed by atoms with van der Waals surface area (Å²) in [5.74, 6) is 6.59. The first-order chi connectivity index (χ1) is 9.01. The highest BCUT2D eigenvalue weighted by Crippen LogP contribution is 2.15. The summed E-state index contributed by atoms with van der Waals surface area (Å²) >= 11 is 0. The van der Waals surface area contributed by atoms with Crippen LogP contribution in [-0.4, -0.2) is 42.1 Å². The van der Waals surface area contributed by atoms with Crippen molar-refractivity contribution in [2.75, 3.05) is 42.4 Å². The molecule has 0 saturated carbocycles. The smallest absolute Gasteiger partial charge is 0.243 e. The molecule has 104 valence electrons. The van der Waals surface area contributed by atoms with Crippen LogP contribution in [0, 0.1) is 17.2 Å². The summed E-state index contributed by atoms with van der Waals surface area (Å²) in [7, 11) is 3.68. The van der Waals surface area contributed by atoms with Crippen LogP contribution in [0.3, 0.4) is 0 Å². The van der Waals surface area contributed by atoms with E-state index >= 15 is 0 Å². The maximum atomic E-state index is 8.90. The summed E-state index contributed by atoms with van der Waals surface area (Å²) in [4.78, 5) is 16.4. The highest BCUT2D eigenvalue weighted by Gasteiger charge is 2.15. The van der Waals surface area contributed by atoms with Crippen LogP contribution in [0.25, 0.3) is 0 Å². The first-order valence-corrected chi connectivity index (χ1v) is 6.06. The van der Waals surface area contributed by atoms with Crippen LogP contribution in [0.1, 0.15) is 13.8 Å². The van der Waals surface area contributed by atoms with Gasteiger partial charge in [-0.1, -0.05) is 0 Å². The summed E-state index contributed by atoms with van der Waals surface area (Å²) in [6.45, 7) is 5.11. The number of nitrogens with two attached hydrogens (primary N) is 1. The Hall–Kier alpha value is -2.14. The van der Waals surface area contributed by atoms with Crippen LogP contribution in [0.5, 0.6) is 0 Å². The highest BCUT2D eigenvalue weighted by atomic mass is 15.4. The summed E-state index contributed by atoms with van der Waals surface area (Å²) < 4.78 is 0. The molecular weight excluding hydrogens is 244 g/mol. The van der Waals surface area contributed by atoms with E-state index in [-0.39, 0.29) is 5.92 Å². The fourth-order valence-electron chi connectivity index (χ4n) is 1.48. The minimum atomic E-state index is -0.103. The van der Waals surface area contributed by atoms with Crippen molar-refractivity contribution in [3.63, 3.8) is 0 Å². The second-order valence-corrected chi connectivity index (χ2v) is 4.37. The number of hydrogen-bond donors (Lipinski definition) is 2. The Balaban J connectivity index is 3.09. The van der Waals surface area contributed by atoms with Crippen LogP contribution in [0.4, 0.5) is 17.8 Å². The molecule has 8 nitrogen and oxygen atoms in total. The fraction of sp³-hybridized carbons (Fsp3) is 0.636. The first kappa shape index (κ1) is 14.9. The highest BCUT2D eigenvalue weighted by molar-refractivity contribution is 5.44. The van der Waals surface area contributed by atoms with Crippen molar-refractivity contribution in [3.8, 4) is 6.07 Å². The zero-order valence-corrected chi connectivity index (χ0v) is 11.8. The Morgan fingerprint density at radius 2 is 1.95 bits per heavy atom. The predicted molar refractivity (Wildman–Crippen MR) is 74.6 cm³/mol. The number of hydrogen-bond acceptors (Lipinski definition) is 8. The van der Waals surface area contributed by atoms with Crippen molar-refractivity contribution in [3.05, 3.63) is 0 Å². The van der Waals surface area contributed by atoms with Crippen LogP contribution < -0.4 is 21.1 Å². The van der Waals surface area contributed by atoms with Gasteiger partial charge in [0.25, 0.3) is 0 Å². The van der Waals surface area contributed by atoms with E-state index in [0.717, 1.165) is 0 Å². The van der Waals surface area contributed by atoms with Crippen molar-refractivity contribution in [1.82, 2.24) is 15.0 Å². The van der Waals surface area contributed by atoms with E-state index in [1.165, 1.54) is 0 Å². The predicted octanol–water partition coefficient (Wildman–Crippen LogP) is 0.209. The average molecular weight is 264 g/mol. The summed E-state index contributed by atoms with van der Waals surface area (Å²) in [6.07, 6.45) is 0. The number of hydrazine groups is 1. The molecule has 1 atom stereocenters. The molecule has 0 aliphatic carbocycles. The SMILES string of the molecule is CCN(CC(C)C#N)c1nc(NN)nc(N(C)C)n1. The molecule has 1 rings (SSSR count). The molecule has 1 unspecified atom stereocenters. The quantitative estimate of drug-likeness (QED) is 0.554. The molecule has 3 N–H and O–H groups in total. The molecule has 0 bridgehead atoms. The van der Waals surface area contributed by atoms with E-state index < -0.39 is 0 Å². The van der Waals surface area contributed by atoms with Gasteiger partial charge in [0, 0.05) is 27.2 Å². The van der Waals surface area contributed by atoms with Gasteiger partial charge < -0.3 is 9.80 Å². The molecular formula is C11H20N8. The molecule has 0 aromatic carbocycles. The fourth-order valence-corrected chi connectivity index (χ4v) is 1.48. The molecule has 0 amide bonds. The Morgan fingerprint density at radius 3 is 2.42 bits per heavy atom. The number of nitrogen functional groups attached to an aromatic ring is 1. The standard InChI is InChI=1S/C11H20N8/c1-5-19(7-8(2)6-12)11-15-9(17-13)14-10(16-11)18(3)4/h8H,5,7,13H2,1-4H3,(H,14,15,16,17). The lowest BCUT2D eigenvalue weighted by Gasteiger charge is -2.23. The summed E-state index contributed by atoms with van der Waals surface area (Å²) in [6, 6.07) is 2.20. The second-order valence-electron chi connectivity index (χ2n) is 4.37. The van der Waals surface area contributed by atoms with E-state index in [0.29, 0.717) is 30.9 Å². The van der Waals surface area contributed by atoms with Gasteiger partial charge in [-0.3, -0.25) is 5.43 Å². The van der Waals surface area contributed by atoms with Gasteiger partial charge in [-0.25, -0.2) is 5.84 Å². The number of nitrogens with one attached hydrogen (secondary N) is 1. The van der Waals surface area contributed by atoms with Gasteiger partial charge in [-0.15, -0.1) is 0 Å². The minimum Gasteiger partial charge on any atom is -0.347 e. The molecule has 0 radical (unpaired) electrons. The van der Waals surface area contributed by atoms with Crippen molar-refractivity contribution in [2.45, 2.75) is 13.8 Å². The molecule has 8 heteroatoms. The van der Waals surface area contributed by atoms with Gasteiger partial charge in [0.05, 0.1) is 12.0 Å². The molecule has 1 aromatic rings. The average Bonchev–Trinajstić information content (AvgIpc) is 2.43. The number of rotatable bonds is 6. The van der Waals surface area contributed by atoms with Gasteiger partial charge in [0.15, 0.2) is 0 Å². The minimum absolute atomic E-state index is 0.103. The van der Waals surface area contributed by atoms with E-state index in [2.05, 4.69) is 26.4 Å². The van der Waals surface area contributed by atoms with Gasteiger partial charge >= 0.3 is 0 Å². The normalized spacial score (nSPS) is 11.6. The van der Waals surface area contributed by atoms with Crippen molar-refractivity contribution < 1.29 is 0 Å². The molecule has 0 aliphatic rings. The zero-order chi connectivity index (χ0) is 14.4. The Kier molecular flexibility index (Phi) is 5.26. The van der Waals surface area contributed by atoms with Crippen LogP contribution in [-0.2, 0) is 0 Å². The second kappa shape index (κ2) is 6.70. The third kappa shape index (κ3) is 3.93. The Labute approximate surface area is 113 Å². The Morgan fingerprint density at radius 1 is 1.32 bits per heavy atom. The topological polar surface area (TPSA) is 107 Å². The lowest BCUT2D eigenvalue weighted by Crippen LogP contribution is -2.31. The summed E-state index contributed by atoms with van der Waals surface area (Å²) in [5.41, 5.74) is 2.43. The maximum absolute atomic E-state index is 8.90. The summed E-state index contributed by atoms with van der Waals surface area (Å²) in [5, 5.41) is 8.90. The lowest BCUT2D eigenvalue weighted by molar-refractivity contribution is 0.669. The molecule has 0 fully saturated rings. The van der Waals surface area contributed by atoms with Crippen molar-refractivity contribution in [2.24, 2.45) is 11.8 Å². The molecule has 0 saturated heterocycles. The van der Waals surface area contributed by atoms with Crippen LogP contribution >= 0.6 is 0 Å². The molecule has 0 aliphatic heterocycles. The van der Waals surface area contributed by atoms with Gasteiger partial charge in [0.2, 0.25) is 17.8 Å². The maximum Gasteiger partial charge on any atom is 0.243 e. The van der Waals surface area contributed by atoms with Crippen LogP contribution in [0.15, 0.2) is 0 Å². The third-order valence-corrected chi connectivity index (χ3v) is 2.52. The van der Waals surface area contributed by atoms with E-state index in [1.807, 2.05) is 32.8 Å². The number of nitrogens with zero attached hydrogens (tertiary/aromatic N) is 6. The molecule has 19 heavy (non-hydrogen) atoms. The van der Waals surface area contributed by atoms with Crippen molar-refractivity contribution >= 4 is 17.8 Å². The first-order valence-electron chi connectivity index (χ1n) is 6.06. The van der Waals surface area contributed by atoms with E-state index in [1.54, 1.807) is 4.90 Å². The molecule has 1 heterocycles. The third-order valence-electron chi connectivity index (χ3n) is 2.52. The van der Waals surface area contributed by atoms with Crippen molar-refractivity contribution in [1.29, 1.82) is 5.26 Å². The van der Waals surface area contributed by atoms with E-state index in [4.69, 9.17) is 11.1 Å². The van der Waals surface area contributed by atoms with Gasteiger partial charge in [0.1, 0.15) is 0 Å². The van der Waals surface area contributed by atoms with Crippen LogP contribution in [0.2, 0.25) is 0 Å². The zero-order valence-electron chi connectivity index (χ0n) is 11.8.